The number of carbonyl (C=O) groups excluding carboxylic acids is 1. The van der Waals surface area contributed by atoms with Crippen LogP contribution in [0.4, 0.5) is 13.2 Å². The van der Waals surface area contributed by atoms with Gasteiger partial charge in [0, 0.05) is 31.8 Å². The number of alkyl halides is 3. The molecule has 0 aromatic heterocycles. The summed E-state index contributed by atoms with van der Waals surface area (Å²) in [4.78, 5) is 13.5. The van der Waals surface area contributed by atoms with Crippen LogP contribution < -0.4 is 0 Å². The molecule has 1 amide bonds. The second-order valence-electron chi connectivity index (χ2n) is 5.34. The fourth-order valence-corrected chi connectivity index (χ4v) is 2.81. The molecule has 0 spiro atoms. The fourth-order valence-electron chi connectivity index (χ4n) is 2.81. The largest absolute Gasteiger partial charge is 0.417 e. The van der Waals surface area contributed by atoms with Crippen LogP contribution in [0.15, 0.2) is 0 Å². The average Bonchev–Trinajstić information content (AvgIpc) is 2.81. The van der Waals surface area contributed by atoms with Crippen LogP contribution in [0.3, 0.4) is 0 Å². The molecule has 104 valence electrons. The molecule has 0 aromatic rings. The standard InChI is InChI=1S/C12H18F3NO2/c13-12(14,15)11(18)5-7-16(8-6-11)10(17)9-3-1-2-4-9/h9,18H,1-8H2. The predicted molar refractivity (Wildman–Crippen MR) is 58.8 cm³/mol. The summed E-state index contributed by atoms with van der Waals surface area (Å²) in [6, 6.07) is 0. The van der Waals surface area contributed by atoms with Crippen molar-refractivity contribution in [3.05, 3.63) is 0 Å². The van der Waals surface area contributed by atoms with E-state index < -0.39 is 24.6 Å². The summed E-state index contributed by atoms with van der Waals surface area (Å²) in [7, 11) is 0. The normalized spacial score (nSPS) is 25.4. The molecule has 1 aliphatic heterocycles. The Kier molecular flexibility index (Phi) is 3.58. The molecule has 1 heterocycles. The smallest absolute Gasteiger partial charge is 0.380 e. The van der Waals surface area contributed by atoms with E-state index >= 15 is 0 Å². The third-order valence-corrected chi connectivity index (χ3v) is 4.13. The number of nitrogens with zero attached hydrogens (tertiary/aromatic N) is 1. The fraction of sp³-hybridized carbons (Fsp3) is 0.917. The zero-order valence-corrected chi connectivity index (χ0v) is 10.2. The van der Waals surface area contributed by atoms with Crippen molar-refractivity contribution in [2.75, 3.05) is 13.1 Å². The number of piperidine rings is 1. The quantitative estimate of drug-likeness (QED) is 0.788. The summed E-state index contributed by atoms with van der Waals surface area (Å²) >= 11 is 0. The van der Waals surface area contributed by atoms with E-state index in [1.165, 1.54) is 4.90 Å². The molecule has 2 fully saturated rings. The van der Waals surface area contributed by atoms with Crippen LogP contribution in [-0.2, 0) is 4.79 Å². The lowest BCUT2D eigenvalue weighted by Crippen LogP contribution is -2.55. The molecule has 18 heavy (non-hydrogen) atoms. The molecule has 1 aliphatic carbocycles. The van der Waals surface area contributed by atoms with E-state index in [2.05, 4.69) is 0 Å². The molecule has 3 nitrogen and oxygen atoms in total. The van der Waals surface area contributed by atoms with Gasteiger partial charge in [0.05, 0.1) is 0 Å². The molecule has 0 aromatic carbocycles. The highest BCUT2D eigenvalue weighted by Crippen LogP contribution is 2.39. The third kappa shape index (κ3) is 2.48. The van der Waals surface area contributed by atoms with Crippen molar-refractivity contribution < 1.29 is 23.1 Å². The van der Waals surface area contributed by atoms with Gasteiger partial charge in [-0.25, -0.2) is 0 Å². The van der Waals surface area contributed by atoms with Gasteiger partial charge in [-0.2, -0.15) is 13.2 Å². The Balaban J connectivity index is 1.92. The second-order valence-corrected chi connectivity index (χ2v) is 5.34. The molecule has 1 N–H and O–H groups in total. The zero-order valence-electron chi connectivity index (χ0n) is 10.2. The lowest BCUT2D eigenvalue weighted by atomic mass is 9.90. The van der Waals surface area contributed by atoms with E-state index in [4.69, 9.17) is 0 Å². The van der Waals surface area contributed by atoms with Gasteiger partial charge in [0.2, 0.25) is 5.91 Å². The Morgan fingerprint density at radius 1 is 1.17 bits per heavy atom. The maximum Gasteiger partial charge on any atom is 0.417 e. The van der Waals surface area contributed by atoms with E-state index in [1.807, 2.05) is 0 Å². The van der Waals surface area contributed by atoms with Crippen LogP contribution >= 0.6 is 0 Å². The van der Waals surface area contributed by atoms with Crippen LogP contribution in [0.5, 0.6) is 0 Å². The van der Waals surface area contributed by atoms with E-state index in [9.17, 15) is 23.1 Å². The topological polar surface area (TPSA) is 40.5 Å². The van der Waals surface area contributed by atoms with Gasteiger partial charge in [0.1, 0.15) is 0 Å². The van der Waals surface area contributed by atoms with Crippen LogP contribution in [-0.4, -0.2) is 40.8 Å². The SMILES string of the molecule is O=C(C1CCCC1)N1CCC(O)(C(F)(F)F)CC1. The first-order valence-electron chi connectivity index (χ1n) is 6.41. The van der Waals surface area contributed by atoms with Crippen molar-refractivity contribution in [2.45, 2.75) is 50.3 Å². The number of carbonyl (C=O) groups is 1. The van der Waals surface area contributed by atoms with Crippen molar-refractivity contribution in [2.24, 2.45) is 5.92 Å². The third-order valence-electron chi connectivity index (χ3n) is 4.13. The highest BCUT2D eigenvalue weighted by molar-refractivity contribution is 5.79. The van der Waals surface area contributed by atoms with Crippen molar-refractivity contribution in [3.8, 4) is 0 Å². The molecule has 2 aliphatic rings. The van der Waals surface area contributed by atoms with E-state index in [-0.39, 0.29) is 24.9 Å². The number of halogens is 3. The summed E-state index contributed by atoms with van der Waals surface area (Å²) in [5, 5.41) is 9.51. The average molecular weight is 265 g/mol. The number of amides is 1. The summed E-state index contributed by atoms with van der Waals surface area (Å²) in [6.07, 6.45) is -1.68. The van der Waals surface area contributed by atoms with Gasteiger partial charge in [-0.15, -0.1) is 0 Å². The Morgan fingerprint density at radius 2 is 1.67 bits per heavy atom. The second kappa shape index (κ2) is 4.72. The molecule has 0 bridgehead atoms. The Labute approximate surface area is 104 Å². The Hall–Kier alpha value is -0.780. The van der Waals surface area contributed by atoms with Gasteiger partial charge in [0.15, 0.2) is 5.60 Å². The summed E-state index contributed by atoms with van der Waals surface area (Å²) < 4.78 is 37.8. The van der Waals surface area contributed by atoms with Crippen LogP contribution in [0.25, 0.3) is 0 Å². The number of hydrogen-bond donors (Lipinski definition) is 1. The van der Waals surface area contributed by atoms with Gasteiger partial charge in [-0.05, 0) is 12.8 Å². The number of hydrogen-bond acceptors (Lipinski definition) is 2. The molecule has 0 radical (unpaired) electrons. The minimum absolute atomic E-state index is 0.00530. The van der Waals surface area contributed by atoms with Gasteiger partial charge in [-0.1, -0.05) is 12.8 Å². The molecule has 1 saturated carbocycles. The Morgan fingerprint density at radius 3 is 2.11 bits per heavy atom. The van der Waals surface area contributed by atoms with Crippen molar-refractivity contribution in [3.63, 3.8) is 0 Å². The van der Waals surface area contributed by atoms with Crippen LogP contribution in [0.2, 0.25) is 0 Å². The maximum atomic E-state index is 12.6. The van der Waals surface area contributed by atoms with E-state index in [1.54, 1.807) is 0 Å². The van der Waals surface area contributed by atoms with Crippen molar-refractivity contribution in [1.82, 2.24) is 4.90 Å². The lowest BCUT2D eigenvalue weighted by Gasteiger charge is -2.39. The van der Waals surface area contributed by atoms with Gasteiger partial charge < -0.3 is 10.0 Å². The number of likely N-dealkylation sites (tertiary alicyclic amines) is 1. The minimum Gasteiger partial charge on any atom is -0.380 e. The monoisotopic (exact) mass is 265 g/mol. The number of aliphatic hydroxyl groups is 1. The zero-order chi connectivity index (χ0) is 13.4. The van der Waals surface area contributed by atoms with Gasteiger partial charge in [0.25, 0.3) is 0 Å². The van der Waals surface area contributed by atoms with E-state index in [0.717, 1.165) is 25.7 Å². The Bertz CT molecular complexity index is 316. The molecule has 6 heteroatoms. The van der Waals surface area contributed by atoms with Crippen molar-refractivity contribution >= 4 is 5.91 Å². The summed E-state index contributed by atoms with van der Waals surface area (Å²) in [6.45, 7) is 0.0106. The van der Waals surface area contributed by atoms with Gasteiger partial charge in [-0.3, -0.25) is 4.79 Å². The maximum absolute atomic E-state index is 12.6. The summed E-state index contributed by atoms with van der Waals surface area (Å²) in [5.74, 6) is -0.0428. The molecular weight excluding hydrogens is 247 g/mol. The van der Waals surface area contributed by atoms with Gasteiger partial charge >= 0.3 is 6.18 Å². The molecule has 0 unspecified atom stereocenters. The number of rotatable bonds is 1. The minimum atomic E-state index is -4.60. The van der Waals surface area contributed by atoms with E-state index in [0.29, 0.717) is 0 Å². The highest BCUT2D eigenvalue weighted by atomic mass is 19.4. The van der Waals surface area contributed by atoms with Crippen LogP contribution in [0, 0.1) is 5.92 Å². The lowest BCUT2D eigenvalue weighted by molar-refractivity contribution is -0.272. The first-order valence-corrected chi connectivity index (χ1v) is 6.41. The first-order chi connectivity index (χ1) is 8.33. The molecular formula is C12H18F3NO2. The predicted octanol–water partition coefficient (Wildman–Crippen LogP) is 2.09. The van der Waals surface area contributed by atoms with Crippen LogP contribution in [0.1, 0.15) is 38.5 Å². The molecule has 0 atom stereocenters. The first kappa shape index (κ1) is 13.6. The molecule has 2 rings (SSSR count). The van der Waals surface area contributed by atoms with Crippen molar-refractivity contribution in [1.29, 1.82) is 0 Å². The highest BCUT2D eigenvalue weighted by Gasteiger charge is 2.55. The summed E-state index contributed by atoms with van der Waals surface area (Å²) in [5.41, 5.74) is -2.61. The molecule has 1 saturated heterocycles.